The van der Waals surface area contributed by atoms with Crippen molar-refractivity contribution in [2.75, 3.05) is 33.0 Å². The monoisotopic (exact) mass is 269 g/mol. The summed E-state index contributed by atoms with van der Waals surface area (Å²) < 4.78 is 10.8. The van der Waals surface area contributed by atoms with E-state index in [1.807, 2.05) is 0 Å². The Kier molecular flexibility index (Phi) is 4.98. The maximum Gasteiger partial charge on any atom is 0.161 e. The van der Waals surface area contributed by atoms with Gasteiger partial charge in [0, 0.05) is 6.54 Å². The van der Waals surface area contributed by atoms with E-state index < -0.39 is 12.1 Å². The third-order valence-corrected chi connectivity index (χ3v) is 2.99. The topological polar surface area (TPSA) is 91.2 Å². The molecule has 0 saturated carbocycles. The fraction of sp³-hybridized carbons (Fsp3) is 0.538. The van der Waals surface area contributed by atoms with Gasteiger partial charge in [0.1, 0.15) is 13.2 Å². The van der Waals surface area contributed by atoms with Crippen LogP contribution < -0.4 is 14.8 Å². The fourth-order valence-corrected chi connectivity index (χ4v) is 1.85. The van der Waals surface area contributed by atoms with Crippen LogP contribution in [0, 0.1) is 0 Å². The molecule has 0 fully saturated rings. The summed E-state index contributed by atoms with van der Waals surface area (Å²) in [5, 5.41) is 30.8. The molecule has 0 aromatic heterocycles. The maximum absolute atomic E-state index is 10.0. The van der Waals surface area contributed by atoms with Gasteiger partial charge in [0.25, 0.3) is 0 Å². The third-order valence-electron chi connectivity index (χ3n) is 2.99. The smallest absolute Gasteiger partial charge is 0.161 e. The lowest BCUT2D eigenvalue weighted by molar-refractivity contribution is 0.134. The lowest BCUT2D eigenvalue weighted by atomic mass is 10.1. The summed E-state index contributed by atoms with van der Waals surface area (Å²) >= 11 is 0. The number of hydrogen-bond acceptors (Lipinski definition) is 6. The Labute approximate surface area is 111 Å². The van der Waals surface area contributed by atoms with Crippen LogP contribution in [0.15, 0.2) is 18.2 Å². The molecule has 0 radical (unpaired) electrons. The summed E-state index contributed by atoms with van der Waals surface area (Å²) in [7, 11) is 0. The van der Waals surface area contributed by atoms with E-state index in [1.165, 1.54) is 0 Å². The number of rotatable bonds is 6. The number of aliphatic hydroxyl groups is 3. The van der Waals surface area contributed by atoms with Crippen LogP contribution in [0.4, 0.5) is 0 Å². The van der Waals surface area contributed by atoms with Crippen LogP contribution in [0.2, 0.25) is 0 Å². The van der Waals surface area contributed by atoms with Gasteiger partial charge in [-0.05, 0) is 17.7 Å². The largest absolute Gasteiger partial charge is 0.486 e. The minimum absolute atomic E-state index is 0.176. The van der Waals surface area contributed by atoms with Crippen molar-refractivity contribution in [3.8, 4) is 11.5 Å². The Hall–Kier alpha value is -1.34. The minimum atomic E-state index is -0.739. The van der Waals surface area contributed by atoms with E-state index in [-0.39, 0.29) is 19.8 Å². The molecule has 4 N–H and O–H groups in total. The fourth-order valence-electron chi connectivity index (χ4n) is 1.85. The molecule has 1 atom stereocenters. The SMILES string of the molecule is OCC(CO)NCC(O)c1ccc2c(c1)OCCO2. The number of ether oxygens (including phenoxy) is 2. The van der Waals surface area contributed by atoms with Crippen molar-refractivity contribution in [3.63, 3.8) is 0 Å². The molecule has 1 aromatic rings. The number of aliphatic hydroxyl groups excluding tert-OH is 3. The zero-order valence-corrected chi connectivity index (χ0v) is 10.6. The first-order valence-corrected chi connectivity index (χ1v) is 6.27. The van der Waals surface area contributed by atoms with Crippen molar-refractivity contribution in [1.29, 1.82) is 0 Å². The Bertz CT molecular complexity index is 408. The average molecular weight is 269 g/mol. The zero-order chi connectivity index (χ0) is 13.7. The van der Waals surface area contributed by atoms with E-state index in [9.17, 15) is 5.11 Å². The Morgan fingerprint density at radius 3 is 2.47 bits per heavy atom. The van der Waals surface area contributed by atoms with Gasteiger partial charge < -0.3 is 30.1 Å². The van der Waals surface area contributed by atoms with Gasteiger partial charge in [-0.15, -0.1) is 0 Å². The second kappa shape index (κ2) is 6.72. The highest BCUT2D eigenvalue weighted by Crippen LogP contribution is 2.32. The highest BCUT2D eigenvalue weighted by Gasteiger charge is 2.16. The number of hydrogen-bond donors (Lipinski definition) is 4. The quantitative estimate of drug-likeness (QED) is 0.553. The van der Waals surface area contributed by atoms with Crippen LogP contribution >= 0.6 is 0 Å². The number of nitrogens with one attached hydrogen (secondary N) is 1. The Morgan fingerprint density at radius 1 is 1.11 bits per heavy atom. The van der Waals surface area contributed by atoms with Crippen LogP contribution in [-0.4, -0.2) is 54.3 Å². The van der Waals surface area contributed by atoms with Gasteiger partial charge in [-0.25, -0.2) is 0 Å². The molecule has 6 heteroatoms. The highest BCUT2D eigenvalue weighted by atomic mass is 16.6. The first-order chi connectivity index (χ1) is 9.24. The summed E-state index contributed by atoms with van der Waals surface area (Å²) in [6.07, 6.45) is -0.739. The average Bonchev–Trinajstić information content (AvgIpc) is 2.47. The Balaban J connectivity index is 1.97. The predicted octanol–water partition coefficient (Wildman–Crippen LogP) is -0.566. The van der Waals surface area contributed by atoms with E-state index in [1.54, 1.807) is 18.2 Å². The molecule has 19 heavy (non-hydrogen) atoms. The second-order valence-electron chi connectivity index (χ2n) is 4.39. The molecule has 1 aliphatic rings. The zero-order valence-electron chi connectivity index (χ0n) is 10.6. The lowest BCUT2D eigenvalue weighted by Gasteiger charge is -2.21. The van der Waals surface area contributed by atoms with Crippen molar-refractivity contribution >= 4 is 0 Å². The summed E-state index contributed by atoms with van der Waals surface area (Å²) in [6.45, 7) is 0.924. The summed E-state index contributed by atoms with van der Waals surface area (Å²) in [4.78, 5) is 0. The number of fused-ring (bicyclic) bond motifs is 1. The van der Waals surface area contributed by atoms with E-state index in [0.29, 0.717) is 30.3 Å². The molecule has 1 heterocycles. The third kappa shape index (κ3) is 3.57. The molecule has 1 unspecified atom stereocenters. The summed E-state index contributed by atoms with van der Waals surface area (Å²) in [5.41, 5.74) is 0.700. The first-order valence-electron chi connectivity index (χ1n) is 6.27. The van der Waals surface area contributed by atoms with Crippen molar-refractivity contribution in [2.45, 2.75) is 12.1 Å². The maximum atomic E-state index is 10.0. The molecule has 0 amide bonds. The van der Waals surface area contributed by atoms with Gasteiger partial charge in [0.05, 0.1) is 25.4 Å². The molecular formula is C13H19NO5. The normalized spacial score (nSPS) is 15.6. The van der Waals surface area contributed by atoms with E-state index in [2.05, 4.69) is 5.32 Å². The highest BCUT2D eigenvalue weighted by molar-refractivity contribution is 5.44. The first kappa shape index (κ1) is 14.1. The molecule has 1 aromatic carbocycles. The van der Waals surface area contributed by atoms with Gasteiger partial charge >= 0.3 is 0 Å². The predicted molar refractivity (Wildman–Crippen MR) is 68.4 cm³/mol. The second-order valence-corrected chi connectivity index (χ2v) is 4.39. The summed E-state index contributed by atoms with van der Waals surface area (Å²) in [6, 6.07) is 4.86. The molecule has 1 aliphatic heterocycles. The summed E-state index contributed by atoms with van der Waals surface area (Å²) in [5.74, 6) is 1.31. The van der Waals surface area contributed by atoms with Crippen LogP contribution in [0.3, 0.4) is 0 Å². The molecule has 6 nitrogen and oxygen atoms in total. The molecule has 0 spiro atoms. The van der Waals surface area contributed by atoms with Crippen LogP contribution in [0.5, 0.6) is 11.5 Å². The van der Waals surface area contributed by atoms with Crippen molar-refractivity contribution in [1.82, 2.24) is 5.32 Å². The van der Waals surface area contributed by atoms with Crippen molar-refractivity contribution in [2.24, 2.45) is 0 Å². The van der Waals surface area contributed by atoms with Gasteiger partial charge in [0.15, 0.2) is 11.5 Å². The van der Waals surface area contributed by atoms with Crippen molar-refractivity contribution < 1.29 is 24.8 Å². The van der Waals surface area contributed by atoms with Crippen LogP contribution in [0.1, 0.15) is 11.7 Å². The standard InChI is InChI=1S/C13H19NO5/c15-7-10(8-16)14-6-11(17)9-1-2-12-13(5-9)19-4-3-18-12/h1-2,5,10-11,14-17H,3-4,6-8H2. The molecule has 0 saturated heterocycles. The lowest BCUT2D eigenvalue weighted by Crippen LogP contribution is -2.38. The number of benzene rings is 1. The van der Waals surface area contributed by atoms with E-state index in [0.717, 1.165) is 0 Å². The van der Waals surface area contributed by atoms with Gasteiger partial charge in [-0.2, -0.15) is 0 Å². The van der Waals surface area contributed by atoms with E-state index >= 15 is 0 Å². The Morgan fingerprint density at radius 2 is 1.79 bits per heavy atom. The van der Waals surface area contributed by atoms with Gasteiger partial charge in [-0.1, -0.05) is 6.07 Å². The molecular weight excluding hydrogens is 250 g/mol. The van der Waals surface area contributed by atoms with Crippen LogP contribution in [0.25, 0.3) is 0 Å². The van der Waals surface area contributed by atoms with Crippen molar-refractivity contribution in [3.05, 3.63) is 23.8 Å². The minimum Gasteiger partial charge on any atom is -0.486 e. The van der Waals surface area contributed by atoms with Gasteiger partial charge in [-0.3, -0.25) is 0 Å². The van der Waals surface area contributed by atoms with Gasteiger partial charge in [0.2, 0.25) is 0 Å². The van der Waals surface area contributed by atoms with E-state index in [4.69, 9.17) is 19.7 Å². The molecule has 0 bridgehead atoms. The molecule has 106 valence electrons. The molecule has 0 aliphatic carbocycles. The van der Waals surface area contributed by atoms with Crippen LogP contribution in [-0.2, 0) is 0 Å². The molecule has 2 rings (SSSR count).